The van der Waals surface area contributed by atoms with Crippen molar-refractivity contribution in [1.29, 1.82) is 0 Å². The molecule has 0 aromatic heterocycles. The Hall–Kier alpha value is -3.26. The molecule has 27 heavy (non-hydrogen) atoms. The Morgan fingerprint density at radius 2 is 1.89 bits per heavy atom. The summed E-state index contributed by atoms with van der Waals surface area (Å²) in [6, 6.07) is 11.4. The molecule has 0 atom stereocenters. The second-order valence-corrected chi connectivity index (χ2v) is 6.47. The summed E-state index contributed by atoms with van der Waals surface area (Å²) in [4.78, 5) is 27.9. The Kier molecular flexibility index (Phi) is 5.46. The highest BCUT2D eigenvalue weighted by molar-refractivity contribution is 8.18. The third-order valence-corrected chi connectivity index (χ3v) is 4.63. The van der Waals surface area contributed by atoms with Crippen molar-refractivity contribution in [2.45, 2.75) is 0 Å². The van der Waals surface area contributed by atoms with Crippen molar-refractivity contribution in [3.8, 4) is 11.5 Å². The Morgan fingerprint density at radius 3 is 2.52 bits per heavy atom. The molecule has 3 rings (SSSR count). The van der Waals surface area contributed by atoms with E-state index < -0.39 is 5.97 Å². The van der Waals surface area contributed by atoms with Crippen molar-refractivity contribution in [2.75, 3.05) is 14.2 Å². The molecule has 2 aromatic carbocycles. The van der Waals surface area contributed by atoms with Crippen molar-refractivity contribution in [1.82, 2.24) is 5.32 Å². The van der Waals surface area contributed by atoms with Crippen LogP contribution in [-0.4, -0.2) is 36.4 Å². The molecule has 138 valence electrons. The number of amides is 1. The van der Waals surface area contributed by atoms with Gasteiger partial charge in [0.05, 0.1) is 30.4 Å². The molecule has 1 saturated heterocycles. The van der Waals surface area contributed by atoms with E-state index in [0.29, 0.717) is 27.3 Å². The van der Waals surface area contributed by atoms with Gasteiger partial charge in [0.15, 0.2) is 5.17 Å². The second-order valence-electron chi connectivity index (χ2n) is 5.44. The first kappa shape index (κ1) is 18.5. The van der Waals surface area contributed by atoms with Gasteiger partial charge < -0.3 is 19.9 Å². The van der Waals surface area contributed by atoms with Crippen LogP contribution < -0.4 is 14.8 Å². The van der Waals surface area contributed by atoms with Gasteiger partial charge in [-0.05, 0) is 54.2 Å². The summed E-state index contributed by atoms with van der Waals surface area (Å²) in [5.74, 6) is -0.0235. The molecule has 0 spiro atoms. The molecule has 1 aliphatic heterocycles. The number of aliphatic imine (C=N–C) groups is 1. The lowest BCUT2D eigenvalue weighted by Crippen LogP contribution is -2.19. The SMILES string of the molecule is COc1ccc(/C=C2\SC(=Nc3ccc(C(=O)O)cc3)NC2=O)c(OC)c1. The van der Waals surface area contributed by atoms with E-state index in [-0.39, 0.29) is 11.5 Å². The lowest BCUT2D eigenvalue weighted by atomic mass is 10.1. The van der Waals surface area contributed by atoms with Gasteiger partial charge in [-0.25, -0.2) is 9.79 Å². The molecule has 7 nitrogen and oxygen atoms in total. The summed E-state index contributed by atoms with van der Waals surface area (Å²) in [5, 5.41) is 12.0. The van der Waals surface area contributed by atoms with Gasteiger partial charge in [0, 0.05) is 11.6 Å². The number of thioether (sulfide) groups is 1. The first-order chi connectivity index (χ1) is 13.0. The van der Waals surface area contributed by atoms with Gasteiger partial charge in [-0.2, -0.15) is 0 Å². The van der Waals surface area contributed by atoms with E-state index in [4.69, 9.17) is 14.6 Å². The van der Waals surface area contributed by atoms with Crippen LogP contribution in [0.15, 0.2) is 52.4 Å². The second kappa shape index (κ2) is 7.96. The fourth-order valence-corrected chi connectivity index (χ4v) is 3.19. The largest absolute Gasteiger partial charge is 0.497 e. The van der Waals surface area contributed by atoms with Crippen LogP contribution in [0.5, 0.6) is 11.5 Å². The minimum Gasteiger partial charge on any atom is -0.497 e. The highest BCUT2D eigenvalue weighted by Gasteiger charge is 2.24. The van der Waals surface area contributed by atoms with Crippen LogP contribution in [0.25, 0.3) is 6.08 Å². The molecular formula is C19H16N2O5S. The lowest BCUT2D eigenvalue weighted by Gasteiger charge is -2.07. The number of carbonyl (C=O) groups excluding carboxylic acids is 1. The van der Waals surface area contributed by atoms with Crippen LogP contribution in [-0.2, 0) is 4.79 Å². The molecular weight excluding hydrogens is 368 g/mol. The van der Waals surface area contributed by atoms with E-state index in [1.807, 2.05) is 0 Å². The van der Waals surface area contributed by atoms with E-state index in [1.165, 1.54) is 23.9 Å². The number of carboxylic acid groups (broad SMARTS) is 1. The number of hydrogen-bond acceptors (Lipinski definition) is 6. The Morgan fingerprint density at radius 1 is 1.15 bits per heavy atom. The molecule has 0 bridgehead atoms. The van der Waals surface area contributed by atoms with Crippen molar-refractivity contribution < 1.29 is 24.2 Å². The zero-order valence-corrected chi connectivity index (χ0v) is 15.4. The first-order valence-electron chi connectivity index (χ1n) is 7.85. The molecule has 0 saturated carbocycles. The first-order valence-corrected chi connectivity index (χ1v) is 8.67. The molecule has 8 heteroatoms. The monoisotopic (exact) mass is 384 g/mol. The predicted octanol–water partition coefficient (Wildman–Crippen LogP) is 3.29. The summed E-state index contributed by atoms with van der Waals surface area (Å²) in [6.45, 7) is 0. The van der Waals surface area contributed by atoms with Gasteiger partial charge in [0.25, 0.3) is 5.91 Å². The van der Waals surface area contributed by atoms with Crippen LogP contribution >= 0.6 is 11.8 Å². The smallest absolute Gasteiger partial charge is 0.335 e. The summed E-state index contributed by atoms with van der Waals surface area (Å²) in [7, 11) is 3.12. The lowest BCUT2D eigenvalue weighted by molar-refractivity contribution is -0.115. The van der Waals surface area contributed by atoms with Gasteiger partial charge in [0.2, 0.25) is 0 Å². The molecule has 0 aliphatic carbocycles. The zero-order valence-electron chi connectivity index (χ0n) is 14.6. The molecule has 1 amide bonds. The number of rotatable bonds is 5. The number of carboxylic acids is 1. The van der Waals surface area contributed by atoms with Crippen molar-refractivity contribution in [3.63, 3.8) is 0 Å². The highest BCUT2D eigenvalue weighted by atomic mass is 32.2. The fraction of sp³-hybridized carbons (Fsp3) is 0.105. The molecule has 1 aliphatic rings. The average molecular weight is 384 g/mol. The molecule has 1 heterocycles. The van der Waals surface area contributed by atoms with Gasteiger partial charge in [-0.1, -0.05) is 0 Å². The summed E-state index contributed by atoms with van der Waals surface area (Å²) in [5.41, 5.74) is 1.46. The van der Waals surface area contributed by atoms with Gasteiger partial charge in [0.1, 0.15) is 11.5 Å². The van der Waals surface area contributed by atoms with Gasteiger partial charge >= 0.3 is 5.97 Å². The fourth-order valence-electron chi connectivity index (χ4n) is 2.36. The molecule has 2 aromatic rings. The number of ether oxygens (including phenoxy) is 2. The molecule has 0 unspecified atom stereocenters. The molecule has 1 fully saturated rings. The standard InChI is InChI=1S/C19H16N2O5S/c1-25-14-8-5-12(15(10-14)26-2)9-16-17(22)21-19(27-16)20-13-6-3-11(4-7-13)18(23)24/h3-10H,1-2H3,(H,23,24)(H,20,21,22)/b16-9-. The quantitative estimate of drug-likeness (QED) is 0.768. The number of benzene rings is 2. The predicted molar refractivity (Wildman–Crippen MR) is 104 cm³/mol. The normalized spacial score (nSPS) is 16.4. The van der Waals surface area contributed by atoms with Crippen LogP contribution in [0.3, 0.4) is 0 Å². The average Bonchev–Trinajstić information content (AvgIpc) is 3.01. The van der Waals surface area contributed by atoms with E-state index >= 15 is 0 Å². The van der Waals surface area contributed by atoms with Crippen LogP contribution in [0.4, 0.5) is 5.69 Å². The Balaban J connectivity index is 1.83. The molecule has 0 radical (unpaired) electrons. The number of nitrogens with zero attached hydrogens (tertiary/aromatic N) is 1. The van der Waals surface area contributed by atoms with E-state index in [0.717, 1.165) is 5.56 Å². The number of amidine groups is 1. The summed E-state index contributed by atoms with van der Waals surface area (Å²) < 4.78 is 10.5. The number of nitrogens with one attached hydrogen (secondary N) is 1. The van der Waals surface area contributed by atoms with Gasteiger partial charge in [-0.15, -0.1) is 0 Å². The summed E-state index contributed by atoms with van der Waals surface area (Å²) in [6.07, 6.45) is 1.72. The van der Waals surface area contributed by atoms with E-state index in [2.05, 4.69) is 10.3 Å². The van der Waals surface area contributed by atoms with Crippen LogP contribution in [0, 0.1) is 0 Å². The van der Waals surface area contributed by atoms with Crippen molar-refractivity contribution >= 4 is 40.6 Å². The minimum atomic E-state index is -1.00. The Bertz CT molecular complexity index is 951. The number of methoxy groups -OCH3 is 2. The molecule has 2 N–H and O–H groups in total. The van der Waals surface area contributed by atoms with Gasteiger partial charge in [-0.3, -0.25) is 4.79 Å². The summed E-state index contributed by atoms with van der Waals surface area (Å²) >= 11 is 1.20. The van der Waals surface area contributed by atoms with Crippen LogP contribution in [0.1, 0.15) is 15.9 Å². The number of aromatic carboxylic acids is 1. The van der Waals surface area contributed by atoms with Crippen LogP contribution in [0.2, 0.25) is 0 Å². The Labute approximate surface area is 159 Å². The minimum absolute atomic E-state index is 0.175. The van der Waals surface area contributed by atoms with Crippen molar-refractivity contribution in [3.05, 3.63) is 58.5 Å². The van der Waals surface area contributed by atoms with E-state index in [9.17, 15) is 9.59 Å². The number of hydrogen-bond donors (Lipinski definition) is 2. The third-order valence-electron chi connectivity index (χ3n) is 3.72. The maximum absolute atomic E-state index is 12.2. The van der Waals surface area contributed by atoms with Crippen molar-refractivity contribution in [2.24, 2.45) is 4.99 Å². The highest BCUT2D eigenvalue weighted by Crippen LogP contribution is 2.32. The maximum atomic E-state index is 12.2. The maximum Gasteiger partial charge on any atom is 0.335 e. The topological polar surface area (TPSA) is 97.2 Å². The third kappa shape index (κ3) is 4.29. The van der Waals surface area contributed by atoms with E-state index in [1.54, 1.807) is 50.6 Å². The zero-order chi connectivity index (χ0) is 19.4. The number of carbonyl (C=O) groups is 2.